The fourth-order valence-electron chi connectivity index (χ4n) is 15.5. The van der Waals surface area contributed by atoms with E-state index in [1.807, 2.05) is 23.5 Å². The molecule has 1 aromatic heterocycles. The topological polar surface area (TPSA) is 14.7 Å². The van der Waals surface area contributed by atoms with Crippen molar-refractivity contribution in [3.8, 4) is 27.9 Å². The number of hydrogen-bond acceptors (Lipinski definition) is 5. The van der Waals surface area contributed by atoms with Crippen molar-refractivity contribution in [2.24, 2.45) is 0 Å². The molecule has 5 heterocycles. The molecule has 0 bridgehead atoms. The van der Waals surface area contributed by atoms with E-state index in [1.54, 1.807) is 0 Å². The van der Waals surface area contributed by atoms with E-state index in [4.69, 9.17) is 0 Å². The van der Waals surface area contributed by atoms with Crippen molar-refractivity contribution in [3.63, 3.8) is 0 Å². The minimum absolute atomic E-state index is 0.0499. The number of nitrogens with zero attached hydrogens (tertiary/aromatic N) is 4. The molecule has 0 amide bonds. The molecule has 4 aliphatic rings. The second-order valence-electron chi connectivity index (χ2n) is 27.6. The highest BCUT2D eigenvalue weighted by molar-refractivity contribution is 8.01. The number of rotatable bonds is 8. The lowest BCUT2D eigenvalue weighted by Gasteiger charge is -2.43. The molecule has 0 atom stereocenters. The van der Waals surface area contributed by atoms with Crippen molar-refractivity contribution in [1.82, 2.24) is 4.57 Å². The molecule has 13 aromatic carbocycles. The van der Waals surface area contributed by atoms with Crippen LogP contribution in [0.3, 0.4) is 0 Å². The molecule has 0 unspecified atom stereocenters. The lowest BCUT2D eigenvalue weighted by Crippen LogP contribution is -2.63. The van der Waals surface area contributed by atoms with E-state index in [9.17, 15) is 0 Å². The molecule has 0 aliphatic carbocycles. The average molecular weight is 1240 g/mol. The van der Waals surface area contributed by atoms with Crippen LogP contribution in [0, 0.1) is 0 Å². The van der Waals surface area contributed by atoms with Crippen LogP contribution in [0.25, 0.3) is 49.7 Å². The van der Waals surface area contributed by atoms with Gasteiger partial charge in [0.25, 0.3) is 0 Å². The van der Waals surface area contributed by atoms with E-state index in [0.717, 1.165) is 34.1 Å². The summed E-state index contributed by atoms with van der Waals surface area (Å²) in [6, 6.07) is 110. The zero-order valence-electron chi connectivity index (χ0n) is 53.5. The first-order valence-electron chi connectivity index (χ1n) is 32.9. The van der Waals surface area contributed by atoms with Gasteiger partial charge in [-0.1, -0.05) is 276 Å². The summed E-state index contributed by atoms with van der Waals surface area (Å²) < 4.78 is 2.60. The fourth-order valence-corrected chi connectivity index (χ4v) is 18.0. The maximum Gasteiger partial charge on any atom is 0.249 e. The van der Waals surface area contributed by atoms with Gasteiger partial charge in [-0.15, -0.1) is 0 Å². The van der Waals surface area contributed by atoms with Crippen LogP contribution in [0.5, 0.6) is 0 Å². The monoisotopic (exact) mass is 1240 g/mol. The largest absolute Gasteiger partial charge is 0.311 e. The summed E-state index contributed by atoms with van der Waals surface area (Å²) in [4.78, 5) is 12.7. The third-order valence-electron chi connectivity index (χ3n) is 20.0. The van der Waals surface area contributed by atoms with Gasteiger partial charge in [0.2, 0.25) is 13.4 Å². The van der Waals surface area contributed by atoms with Gasteiger partial charge in [0, 0.05) is 87.0 Å². The summed E-state index contributed by atoms with van der Waals surface area (Å²) in [6.45, 7) is 13.9. The van der Waals surface area contributed by atoms with E-state index in [0.29, 0.717) is 0 Å². The normalized spacial score (nSPS) is 13.5. The molecule has 94 heavy (non-hydrogen) atoms. The van der Waals surface area contributed by atoms with Crippen LogP contribution in [0.15, 0.2) is 311 Å². The third kappa shape index (κ3) is 9.01. The second kappa shape index (κ2) is 21.7. The Labute approximate surface area is 560 Å². The summed E-state index contributed by atoms with van der Waals surface area (Å²) in [5, 5.41) is 2.53. The van der Waals surface area contributed by atoms with Crippen molar-refractivity contribution < 1.29 is 0 Å². The highest BCUT2D eigenvalue weighted by atomic mass is 32.2. The first-order chi connectivity index (χ1) is 45.9. The van der Waals surface area contributed by atoms with Gasteiger partial charge >= 0.3 is 0 Å². The molecular formula is C86H66B2N4S2. The van der Waals surface area contributed by atoms with Crippen molar-refractivity contribution in [2.45, 2.75) is 72.0 Å². The Morgan fingerprint density at radius 3 is 1.37 bits per heavy atom. The highest BCUT2D eigenvalue weighted by Gasteiger charge is 2.46. The molecule has 0 radical (unpaired) electrons. The Hall–Kier alpha value is -10.1. The molecule has 4 aliphatic heterocycles. The molecule has 0 N–H and O–H groups in total. The zero-order chi connectivity index (χ0) is 63.1. The molecule has 0 fully saturated rings. The van der Waals surface area contributed by atoms with Crippen LogP contribution in [-0.2, 0) is 10.8 Å². The number of anilines is 9. The van der Waals surface area contributed by atoms with Crippen molar-refractivity contribution >= 4 is 143 Å². The van der Waals surface area contributed by atoms with E-state index >= 15 is 0 Å². The van der Waals surface area contributed by atoms with E-state index in [-0.39, 0.29) is 24.3 Å². The predicted molar refractivity (Wildman–Crippen MR) is 404 cm³/mol. The fraction of sp³-hybridized carbons (Fsp3) is 0.0930. The second-order valence-corrected chi connectivity index (χ2v) is 29.8. The van der Waals surface area contributed by atoms with Gasteiger partial charge in [-0.3, -0.25) is 0 Å². The zero-order valence-corrected chi connectivity index (χ0v) is 55.1. The van der Waals surface area contributed by atoms with Gasteiger partial charge in [-0.25, -0.2) is 0 Å². The molecule has 0 saturated carbocycles. The average Bonchev–Trinajstić information content (AvgIpc) is 0.715. The Bertz CT molecular complexity index is 5310. The van der Waals surface area contributed by atoms with Crippen molar-refractivity contribution in [1.29, 1.82) is 0 Å². The van der Waals surface area contributed by atoms with Crippen LogP contribution in [0.4, 0.5) is 51.2 Å². The number of fused-ring (bicyclic) bond motifs is 11. The molecule has 18 rings (SSSR count). The molecule has 14 aromatic rings. The summed E-state index contributed by atoms with van der Waals surface area (Å²) in [6.07, 6.45) is 0. The van der Waals surface area contributed by atoms with Gasteiger partial charge in [0.1, 0.15) is 0 Å². The summed E-state index contributed by atoms with van der Waals surface area (Å²) in [5.41, 5.74) is 29.3. The lowest BCUT2D eigenvalue weighted by atomic mass is 9.32. The molecule has 448 valence electrons. The maximum absolute atomic E-state index is 2.65. The summed E-state index contributed by atoms with van der Waals surface area (Å²) in [7, 11) is 0. The van der Waals surface area contributed by atoms with Crippen LogP contribution in [0.1, 0.15) is 52.7 Å². The van der Waals surface area contributed by atoms with Gasteiger partial charge in [-0.2, -0.15) is 0 Å². The SMILES string of the molecule is CC(C)(C)c1ccc2c3ccc(C(C)(C)C)cc3n(-c3cc4c5c(c3)N(c3ccccc3-c3ccccc3)c3ccccc3B5c3cc5c(cc3S4)Sc3cc(N(c4ccccc4)c4ccccc4-c4ccccc4)cc4c3B5c3ccccc3N4c3ccccc3)c2c1. The predicted octanol–water partition coefficient (Wildman–Crippen LogP) is 19.7. The number of hydrogen-bond donors (Lipinski definition) is 0. The minimum Gasteiger partial charge on any atom is -0.311 e. The van der Waals surface area contributed by atoms with Gasteiger partial charge in [0.15, 0.2) is 0 Å². The molecule has 0 saturated heterocycles. The van der Waals surface area contributed by atoms with Gasteiger partial charge in [0.05, 0.1) is 22.4 Å². The Balaban J connectivity index is 0.890. The smallest absolute Gasteiger partial charge is 0.249 e. The highest BCUT2D eigenvalue weighted by Crippen LogP contribution is 2.51. The van der Waals surface area contributed by atoms with E-state index in [1.165, 1.54) is 130 Å². The molecule has 4 nitrogen and oxygen atoms in total. The van der Waals surface area contributed by atoms with Crippen molar-refractivity contribution in [3.05, 3.63) is 302 Å². The van der Waals surface area contributed by atoms with Gasteiger partial charge < -0.3 is 19.3 Å². The van der Waals surface area contributed by atoms with Crippen LogP contribution >= 0.6 is 23.5 Å². The van der Waals surface area contributed by atoms with Crippen molar-refractivity contribution in [2.75, 3.05) is 14.7 Å². The Kier molecular flexibility index (Phi) is 13.1. The van der Waals surface area contributed by atoms with Crippen LogP contribution < -0.4 is 47.5 Å². The number of para-hydroxylation sites is 6. The van der Waals surface area contributed by atoms with Crippen LogP contribution in [0.2, 0.25) is 0 Å². The molecular weight excluding hydrogens is 1170 g/mol. The standard InChI is InChI=1S/C86H66B2N4S2/c1-85(2,3)57-43-45-65-66-46-44-58(86(4,5)6)48-76(66)91(75(65)47-57)62-50-78-84-82(52-62)94-80-54-79-69(53-70(80)88(84)68-38-22-26-42-74(68)92(78)72-40-24-20-36-64(72)56-29-13-8-14-30-56)87-67-37-21-25-41-73(67)90(60-33-17-10-18-34-60)77-49-61(51-81(93-79)83(77)87)89(59-31-15-9-16-32-59)71-39-23-19-35-63(71)55-27-11-7-12-28-55/h7-54H,1-6H3. The maximum atomic E-state index is 2.65. The lowest BCUT2D eigenvalue weighted by molar-refractivity contribution is 0.591. The number of benzene rings is 13. The molecule has 0 spiro atoms. The molecule has 8 heteroatoms. The van der Waals surface area contributed by atoms with Crippen LogP contribution in [-0.4, -0.2) is 18.0 Å². The number of aromatic nitrogens is 1. The summed E-state index contributed by atoms with van der Waals surface area (Å²) in [5.74, 6) is 0. The third-order valence-corrected chi connectivity index (χ3v) is 22.2. The van der Waals surface area contributed by atoms with E-state index < -0.39 is 0 Å². The Morgan fingerprint density at radius 1 is 0.319 bits per heavy atom. The first-order valence-corrected chi connectivity index (χ1v) is 34.5. The quantitative estimate of drug-likeness (QED) is 0.140. The minimum atomic E-state index is -0.0629. The summed E-state index contributed by atoms with van der Waals surface area (Å²) >= 11 is 3.89. The van der Waals surface area contributed by atoms with Gasteiger partial charge in [-0.05, 0) is 146 Å². The Morgan fingerprint density at radius 2 is 0.787 bits per heavy atom. The first kappa shape index (κ1) is 56.6. The van der Waals surface area contributed by atoms with E-state index in [2.05, 4.69) is 352 Å².